The standard InChI is InChI=1S/C16H10F4O3/c17-12-6-4-10(5-7-15(21)22)14(9-12)11-2-1-3-13(8-11)23-16(18,19)20/h1-9H,(H,21,22)/b7-5+. The molecule has 0 bridgehead atoms. The Hall–Kier alpha value is -2.83. The molecule has 2 aromatic rings. The molecule has 0 spiro atoms. The molecule has 0 radical (unpaired) electrons. The molecule has 0 aliphatic carbocycles. The molecular formula is C16H10F4O3. The molecule has 0 aliphatic heterocycles. The number of rotatable bonds is 4. The van der Waals surface area contributed by atoms with Gasteiger partial charge in [-0.25, -0.2) is 9.18 Å². The van der Waals surface area contributed by atoms with Gasteiger partial charge in [0.25, 0.3) is 0 Å². The van der Waals surface area contributed by atoms with Crippen LogP contribution in [0.1, 0.15) is 5.56 Å². The Labute approximate surface area is 128 Å². The van der Waals surface area contributed by atoms with Crippen molar-refractivity contribution in [3.8, 4) is 16.9 Å². The van der Waals surface area contributed by atoms with Crippen molar-refractivity contribution in [3.63, 3.8) is 0 Å². The second kappa shape index (κ2) is 6.51. The van der Waals surface area contributed by atoms with Crippen LogP contribution in [-0.2, 0) is 4.79 Å². The lowest BCUT2D eigenvalue weighted by Crippen LogP contribution is -2.17. The third-order valence-corrected chi connectivity index (χ3v) is 2.80. The van der Waals surface area contributed by atoms with Crippen LogP contribution in [0, 0.1) is 5.82 Å². The van der Waals surface area contributed by atoms with Gasteiger partial charge in [-0.15, -0.1) is 13.2 Å². The topological polar surface area (TPSA) is 46.5 Å². The van der Waals surface area contributed by atoms with Gasteiger partial charge < -0.3 is 9.84 Å². The fourth-order valence-corrected chi connectivity index (χ4v) is 1.95. The molecule has 1 N–H and O–H groups in total. The van der Waals surface area contributed by atoms with E-state index in [0.717, 1.165) is 30.3 Å². The number of benzene rings is 2. The second-order valence-corrected chi connectivity index (χ2v) is 4.48. The largest absolute Gasteiger partial charge is 0.573 e. The number of halogens is 4. The van der Waals surface area contributed by atoms with Crippen molar-refractivity contribution in [1.82, 2.24) is 0 Å². The molecule has 0 heterocycles. The SMILES string of the molecule is O=C(O)/C=C/c1ccc(F)cc1-c1cccc(OC(F)(F)F)c1. The summed E-state index contributed by atoms with van der Waals surface area (Å²) in [7, 11) is 0. The van der Waals surface area contributed by atoms with Crippen molar-refractivity contribution < 1.29 is 32.2 Å². The summed E-state index contributed by atoms with van der Waals surface area (Å²) in [5.41, 5.74) is 0.851. The van der Waals surface area contributed by atoms with Crippen molar-refractivity contribution in [3.05, 3.63) is 59.9 Å². The zero-order chi connectivity index (χ0) is 17.0. The summed E-state index contributed by atoms with van der Waals surface area (Å²) >= 11 is 0. The number of ether oxygens (including phenoxy) is 1. The molecule has 23 heavy (non-hydrogen) atoms. The van der Waals surface area contributed by atoms with E-state index in [0.29, 0.717) is 5.56 Å². The fraction of sp³-hybridized carbons (Fsp3) is 0.0625. The van der Waals surface area contributed by atoms with E-state index in [-0.39, 0.29) is 11.1 Å². The fourth-order valence-electron chi connectivity index (χ4n) is 1.95. The molecule has 0 atom stereocenters. The number of hydrogen-bond acceptors (Lipinski definition) is 2. The summed E-state index contributed by atoms with van der Waals surface area (Å²) in [6, 6.07) is 8.57. The van der Waals surface area contributed by atoms with Crippen molar-refractivity contribution in [2.75, 3.05) is 0 Å². The maximum absolute atomic E-state index is 13.5. The lowest BCUT2D eigenvalue weighted by molar-refractivity contribution is -0.274. The Morgan fingerprint density at radius 1 is 1.13 bits per heavy atom. The smallest absolute Gasteiger partial charge is 0.478 e. The third kappa shape index (κ3) is 4.84. The first-order valence-corrected chi connectivity index (χ1v) is 6.31. The number of hydrogen-bond donors (Lipinski definition) is 1. The lowest BCUT2D eigenvalue weighted by Gasteiger charge is -2.11. The Morgan fingerprint density at radius 2 is 1.87 bits per heavy atom. The van der Waals surface area contributed by atoms with Gasteiger partial charge in [0.05, 0.1) is 0 Å². The maximum atomic E-state index is 13.5. The van der Waals surface area contributed by atoms with Crippen molar-refractivity contribution in [2.24, 2.45) is 0 Å². The molecule has 0 fully saturated rings. The molecule has 0 unspecified atom stereocenters. The first-order valence-electron chi connectivity index (χ1n) is 6.31. The zero-order valence-electron chi connectivity index (χ0n) is 11.5. The van der Waals surface area contributed by atoms with Gasteiger partial charge in [-0.05, 0) is 47.0 Å². The van der Waals surface area contributed by atoms with Crippen LogP contribution in [0.15, 0.2) is 48.5 Å². The summed E-state index contributed by atoms with van der Waals surface area (Å²) in [5.74, 6) is -2.25. The monoisotopic (exact) mass is 326 g/mol. The van der Waals surface area contributed by atoms with Gasteiger partial charge in [-0.1, -0.05) is 18.2 Å². The van der Waals surface area contributed by atoms with Gasteiger partial charge in [-0.3, -0.25) is 0 Å². The molecule has 2 rings (SSSR count). The Kier molecular flexibility index (Phi) is 4.68. The van der Waals surface area contributed by atoms with E-state index < -0.39 is 23.9 Å². The lowest BCUT2D eigenvalue weighted by atomic mass is 9.99. The summed E-state index contributed by atoms with van der Waals surface area (Å²) < 4.78 is 54.1. The van der Waals surface area contributed by atoms with Crippen LogP contribution in [0.2, 0.25) is 0 Å². The minimum absolute atomic E-state index is 0.245. The number of carbonyl (C=O) groups is 1. The molecule has 0 amide bonds. The third-order valence-electron chi connectivity index (χ3n) is 2.80. The van der Waals surface area contributed by atoms with E-state index >= 15 is 0 Å². The van der Waals surface area contributed by atoms with E-state index in [9.17, 15) is 22.4 Å². The van der Waals surface area contributed by atoms with Gasteiger partial charge in [0.2, 0.25) is 0 Å². The summed E-state index contributed by atoms with van der Waals surface area (Å²) in [6.07, 6.45) is -2.76. The number of carboxylic acid groups (broad SMARTS) is 1. The minimum atomic E-state index is -4.84. The maximum Gasteiger partial charge on any atom is 0.573 e. The number of aliphatic carboxylic acids is 1. The quantitative estimate of drug-likeness (QED) is 0.665. The second-order valence-electron chi connectivity index (χ2n) is 4.48. The van der Waals surface area contributed by atoms with Crippen LogP contribution in [0.25, 0.3) is 17.2 Å². The zero-order valence-corrected chi connectivity index (χ0v) is 11.5. The molecular weight excluding hydrogens is 316 g/mol. The first kappa shape index (κ1) is 16.5. The minimum Gasteiger partial charge on any atom is -0.478 e. The highest BCUT2D eigenvalue weighted by Crippen LogP contribution is 2.31. The van der Waals surface area contributed by atoms with E-state index in [1.54, 1.807) is 0 Å². The molecule has 0 saturated heterocycles. The predicted molar refractivity (Wildman–Crippen MR) is 75.2 cm³/mol. The van der Waals surface area contributed by atoms with E-state index in [4.69, 9.17) is 5.11 Å². The molecule has 2 aromatic carbocycles. The first-order chi connectivity index (χ1) is 10.7. The molecule has 120 valence electrons. The van der Waals surface area contributed by atoms with Crippen LogP contribution in [0.4, 0.5) is 17.6 Å². The Bertz CT molecular complexity index is 751. The van der Waals surface area contributed by atoms with Crippen LogP contribution in [-0.4, -0.2) is 17.4 Å². The van der Waals surface area contributed by atoms with Crippen LogP contribution >= 0.6 is 0 Å². The van der Waals surface area contributed by atoms with Crippen LogP contribution < -0.4 is 4.74 Å². The predicted octanol–water partition coefficient (Wildman–Crippen LogP) is 4.49. The Balaban J connectivity index is 2.47. The molecule has 0 saturated carbocycles. The van der Waals surface area contributed by atoms with Gasteiger partial charge in [0.15, 0.2) is 0 Å². The van der Waals surface area contributed by atoms with E-state index in [2.05, 4.69) is 4.74 Å². The highest BCUT2D eigenvalue weighted by molar-refractivity contribution is 5.88. The van der Waals surface area contributed by atoms with Crippen molar-refractivity contribution in [1.29, 1.82) is 0 Å². The normalized spacial score (nSPS) is 11.7. The van der Waals surface area contributed by atoms with Gasteiger partial charge in [0.1, 0.15) is 11.6 Å². The average molecular weight is 326 g/mol. The van der Waals surface area contributed by atoms with Gasteiger partial charge in [0, 0.05) is 6.08 Å². The molecule has 7 heteroatoms. The summed E-state index contributed by atoms with van der Waals surface area (Å²) in [6.45, 7) is 0. The van der Waals surface area contributed by atoms with E-state index in [1.165, 1.54) is 24.3 Å². The summed E-state index contributed by atoms with van der Waals surface area (Å²) in [5, 5.41) is 8.66. The number of carboxylic acids is 1. The Morgan fingerprint density at radius 3 is 2.52 bits per heavy atom. The molecule has 3 nitrogen and oxygen atoms in total. The van der Waals surface area contributed by atoms with Crippen LogP contribution in [0.3, 0.4) is 0 Å². The van der Waals surface area contributed by atoms with Crippen LogP contribution in [0.5, 0.6) is 5.75 Å². The number of alkyl halides is 3. The van der Waals surface area contributed by atoms with Crippen molar-refractivity contribution in [2.45, 2.75) is 6.36 Å². The van der Waals surface area contributed by atoms with Gasteiger partial charge >= 0.3 is 12.3 Å². The molecule has 0 aromatic heterocycles. The van der Waals surface area contributed by atoms with Crippen molar-refractivity contribution >= 4 is 12.0 Å². The molecule has 0 aliphatic rings. The summed E-state index contributed by atoms with van der Waals surface area (Å²) in [4.78, 5) is 10.6. The average Bonchev–Trinajstić information content (AvgIpc) is 2.44. The van der Waals surface area contributed by atoms with Gasteiger partial charge in [-0.2, -0.15) is 0 Å². The van der Waals surface area contributed by atoms with E-state index in [1.807, 2.05) is 0 Å². The highest BCUT2D eigenvalue weighted by Gasteiger charge is 2.31. The highest BCUT2D eigenvalue weighted by atomic mass is 19.4.